The molecule has 3 unspecified atom stereocenters. The molecule has 0 aliphatic carbocycles. The van der Waals surface area contributed by atoms with Crippen molar-refractivity contribution in [1.29, 1.82) is 0 Å². The average molecular weight is 249 g/mol. The van der Waals surface area contributed by atoms with E-state index in [1.54, 1.807) is 6.92 Å². The van der Waals surface area contributed by atoms with E-state index in [0.29, 0.717) is 13.3 Å². The van der Waals surface area contributed by atoms with Gasteiger partial charge in [0.2, 0.25) is 5.28 Å². The Kier molecular flexibility index (Phi) is 4.38. The molecule has 92 valence electrons. The van der Waals surface area contributed by atoms with E-state index in [9.17, 15) is 17.7 Å². The van der Waals surface area contributed by atoms with Crippen LogP contribution in [0, 0.1) is 0 Å². The molecule has 0 saturated heterocycles. The zero-order chi connectivity index (χ0) is 12.5. The summed E-state index contributed by atoms with van der Waals surface area (Å²) in [6, 6.07) is 0. The van der Waals surface area contributed by atoms with Crippen LogP contribution in [0.1, 0.15) is 27.2 Å². The van der Waals surface area contributed by atoms with E-state index in [0.717, 1.165) is 0 Å². The Labute approximate surface area is 86.1 Å². The maximum atomic E-state index is 12.3. The number of nitrogens with two attached hydrogens (primary N) is 1. The number of alkyl halides is 3. The van der Waals surface area contributed by atoms with Crippen molar-refractivity contribution in [1.82, 2.24) is 0 Å². The average Bonchev–Trinajstić information content (AvgIpc) is 2.00. The van der Waals surface area contributed by atoms with Gasteiger partial charge in [-0.1, -0.05) is 6.92 Å². The molecule has 0 aromatic carbocycles. The molecule has 0 aliphatic rings. The smallest absolute Gasteiger partial charge is 0.323 e. The minimum Gasteiger partial charge on any atom is -0.323 e. The minimum absolute atomic E-state index is 0.318. The van der Waals surface area contributed by atoms with Gasteiger partial charge in [-0.3, -0.25) is 4.57 Å². The molecule has 0 aromatic rings. The molecule has 0 aliphatic heterocycles. The van der Waals surface area contributed by atoms with Crippen LogP contribution in [0.5, 0.6) is 0 Å². The summed E-state index contributed by atoms with van der Waals surface area (Å²) in [5.74, 6) is 0. The summed E-state index contributed by atoms with van der Waals surface area (Å²) in [4.78, 5) is 9.17. The Balaban J connectivity index is 4.95. The standard InChI is InChI=1S/C7H15F3NO3P/c1-4-5(2)14-15(12,13)6(3,11)7(8,9)10/h5H,4,11H2,1-3H3,(H,12,13). The highest BCUT2D eigenvalue weighted by Gasteiger charge is 2.61. The van der Waals surface area contributed by atoms with Gasteiger partial charge in [0, 0.05) is 0 Å². The first-order valence-electron chi connectivity index (χ1n) is 4.32. The lowest BCUT2D eigenvalue weighted by atomic mass is 10.3. The van der Waals surface area contributed by atoms with Crippen molar-refractivity contribution in [2.75, 3.05) is 0 Å². The third-order valence-corrected chi connectivity index (χ3v) is 4.13. The van der Waals surface area contributed by atoms with Gasteiger partial charge < -0.3 is 15.2 Å². The Morgan fingerprint density at radius 1 is 1.53 bits per heavy atom. The summed E-state index contributed by atoms with van der Waals surface area (Å²) in [6.07, 6.45) is -5.44. The molecule has 8 heteroatoms. The summed E-state index contributed by atoms with van der Waals surface area (Å²) >= 11 is 0. The van der Waals surface area contributed by atoms with Crippen molar-refractivity contribution in [2.24, 2.45) is 5.73 Å². The van der Waals surface area contributed by atoms with Gasteiger partial charge in [0.15, 0.2) is 0 Å². The van der Waals surface area contributed by atoms with Crippen molar-refractivity contribution in [3.05, 3.63) is 0 Å². The quantitative estimate of drug-likeness (QED) is 0.749. The monoisotopic (exact) mass is 249 g/mol. The lowest BCUT2D eigenvalue weighted by molar-refractivity contribution is -0.162. The maximum Gasteiger partial charge on any atom is 0.417 e. The molecule has 15 heavy (non-hydrogen) atoms. The van der Waals surface area contributed by atoms with Crippen LogP contribution in [0.15, 0.2) is 0 Å². The number of rotatable bonds is 4. The van der Waals surface area contributed by atoms with Gasteiger partial charge in [-0.15, -0.1) is 0 Å². The van der Waals surface area contributed by atoms with Crippen LogP contribution in [-0.4, -0.2) is 22.5 Å². The topological polar surface area (TPSA) is 72.5 Å². The van der Waals surface area contributed by atoms with Gasteiger partial charge in [-0.2, -0.15) is 13.2 Å². The van der Waals surface area contributed by atoms with Gasteiger partial charge in [0.25, 0.3) is 0 Å². The largest absolute Gasteiger partial charge is 0.417 e. The highest BCUT2D eigenvalue weighted by Crippen LogP contribution is 2.59. The van der Waals surface area contributed by atoms with Crippen molar-refractivity contribution in [3.63, 3.8) is 0 Å². The summed E-state index contributed by atoms with van der Waals surface area (Å²) in [5, 5.41) is -3.25. The zero-order valence-corrected chi connectivity index (χ0v) is 9.60. The Bertz CT molecular complexity index is 267. The van der Waals surface area contributed by atoms with Gasteiger partial charge in [-0.05, 0) is 20.3 Å². The van der Waals surface area contributed by atoms with Crippen molar-refractivity contribution in [2.45, 2.75) is 44.8 Å². The second-order valence-corrected chi connectivity index (χ2v) is 5.67. The van der Waals surface area contributed by atoms with E-state index in [1.165, 1.54) is 6.92 Å². The van der Waals surface area contributed by atoms with Crippen LogP contribution < -0.4 is 5.73 Å². The molecule has 0 amide bonds. The fraction of sp³-hybridized carbons (Fsp3) is 1.00. The summed E-state index contributed by atoms with van der Waals surface area (Å²) in [5.41, 5.74) is 4.81. The van der Waals surface area contributed by atoms with Crippen LogP contribution in [0.2, 0.25) is 0 Å². The zero-order valence-electron chi connectivity index (χ0n) is 8.71. The van der Waals surface area contributed by atoms with Crippen molar-refractivity contribution < 1.29 is 27.2 Å². The second kappa shape index (κ2) is 4.41. The molecule has 4 nitrogen and oxygen atoms in total. The van der Waals surface area contributed by atoms with E-state index >= 15 is 0 Å². The van der Waals surface area contributed by atoms with Gasteiger partial charge in [0.1, 0.15) is 0 Å². The first-order valence-corrected chi connectivity index (χ1v) is 5.90. The normalized spacial score (nSPS) is 22.9. The highest BCUT2D eigenvalue weighted by atomic mass is 31.2. The molecular formula is C7H15F3NO3P. The second-order valence-electron chi connectivity index (χ2n) is 3.49. The van der Waals surface area contributed by atoms with Crippen LogP contribution in [0.25, 0.3) is 0 Å². The first-order chi connectivity index (χ1) is 6.45. The predicted molar refractivity (Wildman–Crippen MR) is 49.3 cm³/mol. The third-order valence-electron chi connectivity index (χ3n) is 2.06. The van der Waals surface area contributed by atoms with Crippen LogP contribution in [0.3, 0.4) is 0 Å². The Hall–Kier alpha value is -0.100. The fourth-order valence-electron chi connectivity index (χ4n) is 0.588. The van der Waals surface area contributed by atoms with E-state index < -0.39 is 25.2 Å². The van der Waals surface area contributed by atoms with Crippen LogP contribution in [-0.2, 0) is 9.09 Å². The third kappa shape index (κ3) is 3.17. The number of hydrogen-bond acceptors (Lipinski definition) is 3. The maximum absolute atomic E-state index is 12.3. The predicted octanol–water partition coefficient (Wildman–Crippen LogP) is 2.22. The molecule has 0 aromatic heterocycles. The van der Waals surface area contributed by atoms with Gasteiger partial charge in [-0.25, -0.2) is 0 Å². The molecule has 3 N–H and O–H groups in total. The molecule has 0 spiro atoms. The van der Waals surface area contributed by atoms with Crippen LogP contribution >= 0.6 is 7.60 Å². The number of halogens is 3. The molecule has 0 heterocycles. The Morgan fingerprint density at radius 2 is 1.93 bits per heavy atom. The van der Waals surface area contributed by atoms with E-state index in [2.05, 4.69) is 4.52 Å². The molecule has 0 radical (unpaired) electrons. The van der Waals surface area contributed by atoms with E-state index in [1.807, 2.05) is 0 Å². The highest BCUT2D eigenvalue weighted by molar-refractivity contribution is 7.54. The minimum atomic E-state index is -5.00. The van der Waals surface area contributed by atoms with E-state index in [-0.39, 0.29) is 0 Å². The SMILES string of the molecule is CCC(C)OP(=O)(O)C(C)(N)C(F)(F)F. The molecule has 3 atom stereocenters. The molecule has 0 saturated carbocycles. The first kappa shape index (κ1) is 14.9. The molecule has 0 rings (SSSR count). The summed E-state index contributed by atoms with van der Waals surface area (Å²) < 4.78 is 52.8. The van der Waals surface area contributed by atoms with Gasteiger partial charge in [0.05, 0.1) is 6.10 Å². The van der Waals surface area contributed by atoms with Crippen LogP contribution in [0.4, 0.5) is 13.2 Å². The lowest BCUT2D eigenvalue weighted by Gasteiger charge is -2.32. The molecular weight excluding hydrogens is 234 g/mol. The van der Waals surface area contributed by atoms with Crippen molar-refractivity contribution in [3.8, 4) is 0 Å². The van der Waals surface area contributed by atoms with Crippen molar-refractivity contribution >= 4 is 7.60 Å². The van der Waals surface area contributed by atoms with Gasteiger partial charge >= 0.3 is 13.8 Å². The van der Waals surface area contributed by atoms with E-state index in [4.69, 9.17) is 10.6 Å². The lowest BCUT2D eigenvalue weighted by Crippen LogP contribution is -2.50. The summed E-state index contributed by atoms with van der Waals surface area (Å²) in [6.45, 7) is 3.46. The molecule has 0 bridgehead atoms. The Morgan fingerprint density at radius 3 is 2.20 bits per heavy atom. The summed E-state index contributed by atoms with van der Waals surface area (Å²) in [7, 11) is -4.94. The molecule has 0 fully saturated rings. The number of hydrogen-bond donors (Lipinski definition) is 2. The fourth-order valence-corrected chi connectivity index (χ4v) is 1.76.